The molecule has 2 N–H and O–H groups in total. The third-order valence-electron chi connectivity index (χ3n) is 4.79. The zero-order chi connectivity index (χ0) is 25.4. The van der Waals surface area contributed by atoms with Crippen LogP contribution in [-0.2, 0) is 26.2 Å². The van der Waals surface area contributed by atoms with Crippen LogP contribution in [0.25, 0.3) is 0 Å². The van der Waals surface area contributed by atoms with Gasteiger partial charge in [-0.2, -0.15) is 0 Å². The van der Waals surface area contributed by atoms with Crippen LogP contribution < -0.4 is 14.8 Å². The second kappa shape index (κ2) is 11.6. The first-order chi connectivity index (χ1) is 16.6. The lowest BCUT2D eigenvalue weighted by atomic mass is 10.2. The van der Waals surface area contributed by atoms with Gasteiger partial charge in [-0.1, -0.05) is 36.4 Å². The lowest BCUT2D eigenvalue weighted by Gasteiger charge is -2.15. The zero-order valence-corrected chi connectivity index (χ0v) is 20.5. The number of hydrogen-bond acceptors (Lipinski definition) is 6. The summed E-state index contributed by atoms with van der Waals surface area (Å²) in [4.78, 5) is 25.1. The molecule has 0 aliphatic rings. The Morgan fingerprint density at radius 1 is 0.886 bits per heavy atom. The molecule has 0 saturated carbocycles. The van der Waals surface area contributed by atoms with Crippen LogP contribution in [0.5, 0.6) is 5.75 Å². The Morgan fingerprint density at radius 2 is 1.57 bits per heavy atom. The minimum Gasteiger partial charge on any atom is -0.489 e. The fourth-order valence-corrected chi connectivity index (χ4v) is 4.33. The summed E-state index contributed by atoms with van der Waals surface area (Å²) in [6.07, 6.45) is -1.08. The largest absolute Gasteiger partial charge is 0.489 e. The van der Waals surface area contributed by atoms with Crippen molar-refractivity contribution in [2.24, 2.45) is 0 Å². The number of rotatable bonds is 10. The molecule has 3 rings (SSSR count). The molecule has 3 aromatic carbocycles. The molecule has 0 bridgehead atoms. The first-order valence-electron chi connectivity index (χ1n) is 11.0. The summed E-state index contributed by atoms with van der Waals surface area (Å²) in [5.74, 6) is -0.716. The maximum Gasteiger partial charge on any atom is 0.339 e. The maximum atomic E-state index is 12.6. The average Bonchev–Trinajstić information content (AvgIpc) is 2.83. The number of esters is 1. The van der Waals surface area contributed by atoms with E-state index in [1.54, 1.807) is 38.1 Å². The number of hydrogen-bond donors (Lipinski definition) is 2. The number of nitrogens with one attached hydrogen (secondary N) is 2. The molecule has 0 fully saturated rings. The van der Waals surface area contributed by atoms with Gasteiger partial charge in [0.05, 0.1) is 10.5 Å². The third-order valence-corrected chi connectivity index (χ3v) is 6.47. The highest BCUT2D eigenvalue weighted by Gasteiger charge is 2.20. The van der Waals surface area contributed by atoms with Gasteiger partial charge in [0, 0.05) is 11.7 Å². The summed E-state index contributed by atoms with van der Waals surface area (Å²) >= 11 is 0. The van der Waals surface area contributed by atoms with Crippen molar-refractivity contribution in [3.05, 3.63) is 90.0 Å². The molecule has 0 saturated heterocycles. The molecular formula is C26H28N2O6S. The number of ether oxygens (including phenoxy) is 2. The van der Waals surface area contributed by atoms with Gasteiger partial charge >= 0.3 is 5.97 Å². The van der Waals surface area contributed by atoms with Gasteiger partial charge in [0.25, 0.3) is 5.91 Å². The van der Waals surface area contributed by atoms with Crippen LogP contribution in [0.3, 0.4) is 0 Å². The van der Waals surface area contributed by atoms with E-state index in [1.807, 2.05) is 30.3 Å². The Kier molecular flexibility index (Phi) is 8.62. The van der Waals surface area contributed by atoms with E-state index in [2.05, 4.69) is 10.0 Å². The minimum atomic E-state index is -3.63. The quantitative estimate of drug-likeness (QED) is 0.408. The standard InChI is InChI=1S/C26H28N2O6S/c1-18(2)28-35(31,32)24-14-12-22(13-15-24)27-25(29)19(3)34-26(30)21-10-7-11-23(16-21)33-17-20-8-5-4-6-9-20/h4-16,18-19,28H,17H2,1-3H3,(H,27,29)/t19-/m0/s1. The molecule has 0 aromatic heterocycles. The molecule has 184 valence electrons. The predicted molar refractivity (Wildman–Crippen MR) is 133 cm³/mol. The Bertz CT molecular complexity index is 1260. The van der Waals surface area contributed by atoms with Gasteiger partial charge in [-0.05, 0) is 68.8 Å². The molecule has 0 heterocycles. The smallest absolute Gasteiger partial charge is 0.339 e. The summed E-state index contributed by atoms with van der Waals surface area (Å²) in [7, 11) is -3.63. The van der Waals surface area contributed by atoms with Gasteiger partial charge in [-0.15, -0.1) is 0 Å². The second-order valence-corrected chi connectivity index (χ2v) is 9.85. The molecule has 1 amide bonds. The fraction of sp³-hybridized carbons (Fsp3) is 0.231. The summed E-state index contributed by atoms with van der Waals surface area (Å²) in [6, 6.07) is 21.6. The lowest BCUT2D eigenvalue weighted by Crippen LogP contribution is -2.30. The molecule has 3 aromatic rings. The van der Waals surface area contributed by atoms with Crippen molar-refractivity contribution in [1.82, 2.24) is 4.72 Å². The molecule has 8 nitrogen and oxygen atoms in total. The van der Waals surface area contributed by atoms with Crippen LogP contribution in [0.2, 0.25) is 0 Å². The van der Waals surface area contributed by atoms with Crippen molar-refractivity contribution in [3.63, 3.8) is 0 Å². The van der Waals surface area contributed by atoms with Gasteiger partial charge in [0.2, 0.25) is 10.0 Å². The zero-order valence-electron chi connectivity index (χ0n) is 19.7. The van der Waals surface area contributed by atoms with Crippen LogP contribution in [0.4, 0.5) is 5.69 Å². The van der Waals surface area contributed by atoms with E-state index >= 15 is 0 Å². The van der Waals surface area contributed by atoms with Crippen LogP contribution >= 0.6 is 0 Å². The number of sulfonamides is 1. The van der Waals surface area contributed by atoms with Crippen molar-refractivity contribution in [2.75, 3.05) is 5.32 Å². The maximum absolute atomic E-state index is 12.6. The summed E-state index contributed by atoms with van der Waals surface area (Å²) in [5, 5.41) is 2.61. The van der Waals surface area contributed by atoms with Crippen LogP contribution in [-0.4, -0.2) is 32.4 Å². The van der Waals surface area contributed by atoms with E-state index in [9.17, 15) is 18.0 Å². The Hall–Kier alpha value is -3.69. The van der Waals surface area contributed by atoms with Gasteiger partial charge in [0.1, 0.15) is 12.4 Å². The molecule has 35 heavy (non-hydrogen) atoms. The number of carbonyl (C=O) groups is 2. The predicted octanol–water partition coefficient (Wildman–Crippen LogP) is 4.14. The number of amides is 1. The summed E-state index contributed by atoms with van der Waals surface area (Å²) in [5.41, 5.74) is 1.62. The highest BCUT2D eigenvalue weighted by atomic mass is 32.2. The van der Waals surface area contributed by atoms with E-state index in [0.717, 1.165) is 5.56 Å². The second-order valence-electron chi connectivity index (χ2n) is 8.14. The SMILES string of the molecule is CC(C)NS(=O)(=O)c1ccc(NC(=O)[C@H](C)OC(=O)c2cccc(OCc3ccccc3)c2)cc1. The molecular weight excluding hydrogens is 468 g/mol. The molecule has 0 aliphatic heterocycles. The van der Waals surface area contributed by atoms with Crippen LogP contribution in [0.15, 0.2) is 83.8 Å². The van der Waals surface area contributed by atoms with Crippen molar-refractivity contribution in [3.8, 4) is 5.75 Å². The number of benzene rings is 3. The first kappa shape index (κ1) is 25.9. The van der Waals surface area contributed by atoms with Gasteiger partial charge in [0.15, 0.2) is 6.10 Å². The average molecular weight is 497 g/mol. The van der Waals surface area contributed by atoms with Crippen molar-refractivity contribution in [2.45, 2.75) is 44.4 Å². The van der Waals surface area contributed by atoms with E-state index in [0.29, 0.717) is 18.0 Å². The number of anilines is 1. The monoisotopic (exact) mass is 496 g/mol. The summed E-state index contributed by atoms with van der Waals surface area (Å²) in [6.45, 7) is 5.26. The Morgan fingerprint density at radius 3 is 2.23 bits per heavy atom. The van der Waals surface area contributed by atoms with Crippen molar-refractivity contribution < 1.29 is 27.5 Å². The molecule has 1 atom stereocenters. The fourth-order valence-electron chi connectivity index (χ4n) is 3.08. The molecule has 0 aliphatic carbocycles. The topological polar surface area (TPSA) is 111 Å². The van der Waals surface area contributed by atoms with E-state index in [-0.39, 0.29) is 16.5 Å². The molecule has 0 spiro atoms. The van der Waals surface area contributed by atoms with Gasteiger partial charge in [-0.25, -0.2) is 17.9 Å². The third kappa shape index (κ3) is 7.66. The first-order valence-corrected chi connectivity index (χ1v) is 12.5. The number of carbonyl (C=O) groups excluding carboxylic acids is 2. The Labute approximate surface area is 205 Å². The lowest BCUT2D eigenvalue weighted by molar-refractivity contribution is -0.123. The van der Waals surface area contributed by atoms with Crippen LogP contribution in [0.1, 0.15) is 36.7 Å². The van der Waals surface area contributed by atoms with Crippen molar-refractivity contribution >= 4 is 27.6 Å². The van der Waals surface area contributed by atoms with Gasteiger partial charge < -0.3 is 14.8 Å². The van der Waals surface area contributed by atoms with E-state index in [4.69, 9.17) is 9.47 Å². The highest BCUT2D eigenvalue weighted by molar-refractivity contribution is 7.89. The van der Waals surface area contributed by atoms with Crippen molar-refractivity contribution in [1.29, 1.82) is 0 Å². The Balaban J connectivity index is 1.56. The van der Waals surface area contributed by atoms with E-state index < -0.39 is 28.0 Å². The van der Waals surface area contributed by atoms with Gasteiger partial charge in [-0.3, -0.25) is 4.79 Å². The highest BCUT2D eigenvalue weighted by Crippen LogP contribution is 2.18. The molecule has 9 heteroatoms. The van der Waals surface area contributed by atoms with Crippen LogP contribution in [0, 0.1) is 0 Å². The normalized spacial score (nSPS) is 12.1. The molecule has 0 unspecified atom stereocenters. The molecule has 0 radical (unpaired) electrons. The summed E-state index contributed by atoms with van der Waals surface area (Å²) < 4.78 is 37.9. The minimum absolute atomic E-state index is 0.0815. The van der Waals surface area contributed by atoms with E-state index in [1.165, 1.54) is 31.2 Å².